The number of aryl methyl sites for hydroxylation is 1. The van der Waals surface area contributed by atoms with Crippen molar-refractivity contribution < 1.29 is 27.4 Å². The van der Waals surface area contributed by atoms with Gasteiger partial charge in [-0.05, 0) is 55.0 Å². The summed E-state index contributed by atoms with van der Waals surface area (Å²) in [5.41, 5.74) is 6.75. The molecule has 3 aromatic rings. The molecule has 1 aromatic carbocycles. The molecule has 0 unspecified atom stereocenters. The number of carbonyl (C=O) groups excluding carboxylic acids is 1. The van der Waals surface area contributed by atoms with E-state index in [0.717, 1.165) is 17.8 Å². The highest BCUT2D eigenvalue weighted by molar-refractivity contribution is 7.21. The Bertz CT molecular complexity index is 1170. The molecule has 1 aliphatic carbocycles. The van der Waals surface area contributed by atoms with E-state index in [1.54, 1.807) is 18.2 Å². The van der Waals surface area contributed by atoms with Crippen LogP contribution in [-0.2, 0) is 19.0 Å². The number of nitrogen functional groups attached to an aromatic ring is 1. The number of ketones is 1. The van der Waals surface area contributed by atoms with Gasteiger partial charge in [-0.15, -0.1) is 11.3 Å². The highest BCUT2D eigenvalue weighted by atomic mass is 32.1. The van der Waals surface area contributed by atoms with Gasteiger partial charge in [-0.25, -0.2) is 4.98 Å². The minimum atomic E-state index is -4.55. The van der Waals surface area contributed by atoms with Gasteiger partial charge in [-0.1, -0.05) is 0 Å². The summed E-state index contributed by atoms with van der Waals surface area (Å²) in [5.74, 6) is 0.615. The average molecular weight is 420 g/mol. The summed E-state index contributed by atoms with van der Waals surface area (Å²) in [4.78, 5) is 17.3. The Morgan fingerprint density at radius 1 is 1.10 bits per heavy atom. The Balaban J connectivity index is 1.68. The number of alkyl halides is 3. The Kier molecular flexibility index (Phi) is 3.99. The van der Waals surface area contributed by atoms with Gasteiger partial charge in [0.1, 0.15) is 15.4 Å². The maximum absolute atomic E-state index is 13.6. The second-order valence-corrected chi connectivity index (χ2v) is 8.04. The molecule has 29 heavy (non-hydrogen) atoms. The quantitative estimate of drug-likeness (QED) is 0.607. The molecule has 2 aliphatic rings. The molecule has 150 valence electrons. The van der Waals surface area contributed by atoms with E-state index in [9.17, 15) is 18.0 Å². The van der Waals surface area contributed by atoms with Crippen molar-refractivity contribution in [1.29, 1.82) is 0 Å². The van der Waals surface area contributed by atoms with Crippen LogP contribution in [-0.4, -0.2) is 17.6 Å². The molecule has 9 heteroatoms. The first-order valence-electron chi connectivity index (χ1n) is 9.10. The fraction of sp³-hybridized carbons (Fsp3) is 0.300. The molecule has 0 amide bonds. The topological polar surface area (TPSA) is 74.4 Å². The van der Waals surface area contributed by atoms with E-state index in [1.165, 1.54) is 0 Å². The third-order valence-corrected chi connectivity index (χ3v) is 6.40. The Labute approximate surface area is 167 Å². The number of nitrogens with zero attached hydrogens (tertiary/aromatic N) is 1. The number of rotatable bonds is 2. The molecule has 2 aromatic heterocycles. The minimum absolute atomic E-state index is 0.0777. The zero-order chi connectivity index (χ0) is 20.3. The molecule has 0 spiro atoms. The Morgan fingerprint density at radius 3 is 2.59 bits per heavy atom. The van der Waals surface area contributed by atoms with Gasteiger partial charge < -0.3 is 15.2 Å². The lowest BCUT2D eigenvalue weighted by Crippen LogP contribution is -2.17. The van der Waals surface area contributed by atoms with Crippen molar-refractivity contribution in [2.45, 2.75) is 31.9 Å². The van der Waals surface area contributed by atoms with E-state index in [-0.39, 0.29) is 33.5 Å². The van der Waals surface area contributed by atoms with Crippen molar-refractivity contribution in [3.05, 3.63) is 45.5 Å². The molecular formula is C20H15F3N2O3S. The summed E-state index contributed by atoms with van der Waals surface area (Å²) >= 11 is 0.905. The second-order valence-electron chi connectivity index (χ2n) is 7.04. The van der Waals surface area contributed by atoms with Crippen molar-refractivity contribution in [2.24, 2.45) is 0 Å². The number of thiophene rings is 1. The molecule has 2 N–H and O–H groups in total. The molecule has 3 heterocycles. The van der Waals surface area contributed by atoms with Crippen LogP contribution in [0.1, 0.15) is 44.9 Å². The number of ether oxygens (including phenoxy) is 2. The minimum Gasteiger partial charge on any atom is -0.454 e. The van der Waals surface area contributed by atoms with Crippen LogP contribution in [0.2, 0.25) is 0 Å². The molecule has 0 atom stereocenters. The van der Waals surface area contributed by atoms with E-state index in [2.05, 4.69) is 4.98 Å². The van der Waals surface area contributed by atoms with Crippen molar-refractivity contribution in [2.75, 3.05) is 12.5 Å². The van der Waals surface area contributed by atoms with Crippen molar-refractivity contribution in [3.8, 4) is 11.5 Å². The number of nitrogens with two attached hydrogens (primary N) is 1. The number of anilines is 1. The van der Waals surface area contributed by atoms with Gasteiger partial charge in [0.2, 0.25) is 12.6 Å². The molecular weight excluding hydrogens is 405 g/mol. The van der Waals surface area contributed by atoms with Crippen molar-refractivity contribution in [1.82, 2.24) is 4.98 Å². The van der Waals surface area contributed by atoms with E-state index in [4.69, 9.17) is 15.2 Å². The normalized spacial score (nSPS) is 15.6. The SMILES string of the molecule is Nc1c(C(=O)c2ccc3c(c2)OCO3)sc2nc(C(F)(F)F)c3c(c12)CCCC3. The number of halogens is 3. The van der Waals surface area contributed by atoms with Crippen LogP contribution < -0.4 is 15.2 Å². The van der Waals surface area contributed by atoms with Gasteiger partial charge in [0.05, 0.1) is 5.69 Å². The van der Waals surface area contributed by atoms with E-state index >= 15 is 0 Å². The number of hydrogen-bond acceptors (Lipinski definition) is 6. The monoisotopic (exact) mass is 420 g/mol. The number of hydrogen-bond donors (Lipinski definition) is 1. The Morgan fingerprint density at radius 2 is 1.83 bits per heavy atom. The first-order valence-corrected chi connectivity index (χ1v) is 9.91. The van der Waals surface area contributed by atoms with Gasteiger partial charge >= 0.3 is 6.18 Å². The van der Waals surface area contributed by atoms with Crippen LogP contribution in [0.4, 0.5) is 18.9 Å². The number of pyridine rings is 1. The maximum Gasteiger partial charge on any atom is 0.433 e. The lowest BCUT2D eigenvalue weighted by Gasteiger charge is -2.21. The largest absolute Gasteiger partial charge is 0.454 e. The predicted octanol–water partition coefficient (Wildman–Crippen LogP) is 4.74. The number of benzene rings is 1. The van der Waals surface area contributed by atoms with E-state index in [1.807, 2.05) is 0 Å². The number of aromatic nitrogens is 1. The van der Waals surface area contributed by atoms with Crippen LogP contribution >= 0.6 is 11.3 Å². The summed E-state index contributed by atoms with van der Waals surface area (Å²) in [6, 6.07) is 4.77. The summed E-state index contributed by atoms with van der Waals surface area (Å²) in [7, 11) is 0. The first kappa shape index (κ1) is 18.2. The van der Waals surface area contributed by atoms with E-state index in [0.29, 0.717) is 47.3 Å². The fourth-order valence-electron chi connectivity index (χ4n) is 3.99. The average Bonchev–Trinajstić information content (AvgIpc) is 3.30. The molecule has 0 saturated heterocycles. The lowest BCUT2D eigenvalue weighted by atomic mass is 9.88. The summed E-state index contributed by atoms with van der Waals surface area (Å²) in [6.45, 7) is 0.0777. The number of carbonyl (C=O) groups is 1. The van der Waals surface area contributed by atoms with Crippen molar-refractivity contribution >= 4 is 33.0 Å². The predicted molar refractivity (Wildman–Crippen MR) is 102 cm³/mol. The molecule has 0 bridgehead atoms. The standard InChI is InChI=1S/C20H15F3N2O3S/c21-20(22,23)18-11-4-2-1-3-10(11)14-15(24)17(29-19(14)25-18)16(26)9-5-6-12-13(7-9)28-8-27-12/h5-7H,1-4,8,24H2. The highest BCUT2D eigenvalue weighted by Gasteiger charge is 2.38. The zero-order valence-electron chi connectivity index (χ0n) is 15.1. The molecule has 5 nitrogen and oxygen atoms in total. The van der Waals surface area contributed by atoms with Crippen molar-refractivity contribution in [3.63, 3.8) is 0 Å². The fourth-order valence-corrected chi connectivity index (χ4v) is 5.07. The molecule has 5 rings (SSSR count). The van der Waals surface area contributed by atoms with Gasteiger partial charge in [-0.3, -0.25) is 4.79 Å². The number of fused-ring (bicyclic) bond motifs is 4. The third-order valence-electron chi connectivity index (χ3n) is 5.30. The van der Waals surface area contributed by atoms with Gasteiger partial charge in [0.15, 0.2) is 11.5 Å². The Hall–Kier alpha value is -2.81. The third kappa shape index (κ3) is 2.83. The molecule has 0 saturated carbocycles. The van der Waals surface area contributed by atoms with Crippen LogP contribution in [0.15, 0.2) is 18.2 Å². The summed E-state index contributed by atoms with van der Waals surface area (Å²) in [6.07, 6.45) is -2.28. The van der Waals surface area contributed by atoms with Gasteiger partial charge in [0.25, 0.3) is 0 Å². The first-order chi connectivity index (χ1) is 13.8. The molecule has 0 radical (unpaired) electrons. The highest BCUT2D eigenvalue weighted by Crippen LogP contribution is 2.44. The van der Waals surface area contributed by atoms with Gasteiger partial charge in [0, 0.05) is 10.9 Å². The smallest absolute Gasteiger partial charge is 0.433 e. The van der Waals surface area contributed by atoms with Crippen LogP contribution in [0.3, 0.4) is 0 Å². The van der Waals surface area contributed by atoms with Crippen LogP contribution in [0.25, 0.3) is 10.2 Å². The summed E-state index contributed by atoms with van der Waals surface area (Å²) in [5, 5.41) is 0.488. The lowest BCUT2D eigenvalue weighted by molar-refractivity contribution is -0.141. The van der Waals surface area contributed by atoms with Crippen LogP contribution in [0, 0.1) is 0 Å². The zero-order valence-corrected chi connectivity index (χ0v) is 15.9. The maximum atomic E-state index is 13.6. The molecule has 0 fully saturated rings. The van der Waals surface area contributed by atoms with E-state index < -0.39 is 11.9 Å². The second kappa shape index (κ2) is 6.35. The van der Waals surface area contributed by atoms with Crippen LogP contribution in [0.5, 0.6) is 11.5 Å². The summed E-state index contributed by atoms with van der Waals surface area (Å²) < 4.78 is 51.3. The molecule has 1 aliphatic heterocycles. The van der Waals surface area contributed by atoms with Gasteiger partial charge in [-0.2, -0.15) is 13.2 Å².